The Labute approximate surface area is 171 Å². The van der Waals surface area contributed by atoms with Crippen molar-refractivity contribution in [2.45, 2.75) is 19.8 Å². The minimum absolute atomic E-state index is 0.272. The molecule has 2 heterocycles. The number of carbonyl (C=O) groups is 1. The monoisotopic (exact) mass is 387 g/mol. The molecule has 148 valence electrons. The predicted molar refractivity (Wildman–Crippen MR) is 117 cm³/mol. The Kier molecular flexibility index (Phi) is 5.70. The fraction of sp³-hybridized carbons (Fsp3) is 0.261. The molecule has 1 amide bonds. The molecule has 1 aromatic heterocycles. The minimum Gasteiger partial charge on any atom is -0.372 e. The molecule has 3 aromatic rings. The van der Waals surface area contributed by atoms with Crippen molar-refractivity contribution in [1.82, 2.24) is 9.97 Å². The lowest BCUT2D eigenvalue weighted by molar-refractivity contribution is 0.102. The molecule has 1 aliphatic heterocycles. The summed E-state index contributed by atoms with van der Waals surface area (Å²) in [4.78, 5) is 23.2. The molecule has 6 nitrogen and oxygen atoms in total. The van der Waals surface area contributed by atoms with E-state index in [1.54, 1.807) is 6.20 Å². The highest BCUT2D eigenvalue weighted by Crippen LogP contribution is 2.25. The molecule has 29 heavy (non-hydrogen) atoms. The van der Waals surface area contributed by atoms with Crippen LogP contribution in [0.25, 0.3) is 0 Å². The van der Waals surface area contributed by atoms with Gasteiger partial charge in [-0.3, -0.25) is 4.79 Å². The third-order valence-electron chi connectivity index (χ3n) is 5.20. The van der Waals surface area contributed by atoms with Crippen LogP contribution >= 0.6 is 0 Å². The summed E-state index contributed by atoms with van der Waals surface area (Å²) in [5.41, 5.74) is 3.19. The number of carbonyl (C=O) groups excluding carboxylic acids is 1. The van der Waals surface area contributed by atoms with E-state index >= 15 is 0 Å². The minimum atomic E-state index is -0.282. The molecule has 2 aromatic carbocycles. The van der Waals surface area contributed by atoms with Gasteiger partial charge in [0, 0.05) is 30.2 Å². The van der Waals surface area contributed by atoms with Gasteiger partial charge in [-0.15, -0.1) is 0 Å². The predicted octanol–water partition coefficient (Wildman–Crippen LogP) is 4.71. The first-order valence-electron chi connectivity index (χ1n) is 9.98. The molecular weight excluding hydrogens is 362 g/mol. The topological polar surface area (TPSA) is 70.2 Å². The molecule has 1 fully saturated rings. The molecule has 0 bridgehead atoms. The normalized spacial score (nSPS) is 14.4. The number of hydrogen-bond acceptors (Lipinski definition) is 5. The van der Waals surface area contributed by atoms with Crippen molar-refractivity contribution in [3.63, 3.8) is 0 Å². The Hall–Kier alpha value is -3.41. The van der Waals surface area contributed by atoms with Crippen LogP contribution in [0.15, 0.2) is 67.0 Å². The van der Waals surface area contributed by atoms with Gasteiger partial charge in [-0.1, -0.05) is 25.1 Å². The van der Waals surface area contributed by atoms with Gasteiger partial charge in [0.25, 0.3) is 5.91 Å². The van der Waals surface area contributed by atoms with Crippen molar-refractivity contribution < 1.29 is 4.79 Å². The number of aromatic nitrogens is 2. The maximum absolute atomic E-state index is 12.3. The molecule has 0 unspecified atom stereocenters. The van der Waals surface area contributed by atoms with Crippen LogP contribution in [-0.4, -0.2) is 29.0 Å². The van der Waals surface area contributed by atoms with Gasteiger partial charge < -0.3 is 15.5 Å². The Balaban J connectivity index is 1.35. The number of para-hydroxylation sites is 1. The first kappa shape index (κ1) is 18.9. The fourth-order valence-corrected chi connectivity index (χ4v) is 3.40. The second-order valence-electron chi connectivity index (χ2n) is 7.45. The molecule has 0 spiro atoms. The summed E-state index contributed by atoms with van der Waals surface area (Å²) in [7, 11) is 0. The van der Waals surface area contributed by atoms with E-state index in [0.717, 1.165) is 30.4 Å². The number of piperidine rings is 1. The van der Waals surface area contributed by atoms with Crippen molar-refractivity contribution in [3.8, 4) is 0 Å². The number of rotatable bonds is 5. The van der Waals surface area contributed by atoms with Crippen LogP contribution < -0.4 is 15.5 Å². The van der Waals surface area contributed by atoms with Crippen LogP contribution in [0.5, 0.6) is 0 Å². The van der Waals surface area contributed by atoms with Crippen LogP contribution in [0.1, 0.15) is 30.3 Å². The van der Waals surface area contributed by atoms with Crippen molar-refractivity contribution in [3.05, 3.63) is 72.7 Å². The lowest BCUT2D eigenvalue weighted by Crippen LogP contribution is -2.32. The van der Waals surface area contributed by atoms with E-state index in [-0.39, 0.29) is 11.6 Å². The molecule has 1 saturated heterocycles. The van der Waals surface area contributed by atoms with Crippen LogP contribution in [0.3, 0.4) is 0 Å². The lowest BCUT2D eigenvalue weighted by Gasteiger charge is -2.32. The summed E-state index contributed by atoms with van der Waals surface area (Å²) < 4.78 is 0. The number of amides is 1. The Morgan fingerprint density at radius 1 is 0.931 bits per heavy atom. The van der Waals surface area contributed by atoms with Crippen LogP contribution in [0.4, 0.5) is 22.9 Å². The fourth-order valence-electron chi connectivity index (χ4n) is 3.40. The maximum Gasteiger partial charge on any atom is 0.275 e. The standard InChI is InChI=1S/C23H25N5O/c1-17-11-13-28(14-12-17)20-9-7-19(8-10-20)26-22-16-24-21(15-25-22)23(29)27-18-5-3-2-4-6-18/h2-10,15-17H,11-14H2,1H3,(H,25,26)(H,27,29). The molecule has 0 radical (unpaired) electrons. The molecule has 6 heteroatoms. The van der Waals surface area contributed by atoms with Gasteiger partial charge in [0.2, 0.25) is 0 Å². The van der Waals surface area contributed by atoms with Gasteiger partial charge in [0.05, 0.1) is 12.4 Å². The van der Waals surface area contributed by atoms with Crippen molar-refractivity contribution in [2.24, 2.45) is 5.92 Å². The number of hydrogen-bond donors (Lipinski definition) is 2. The van der Waals surface area contributed by atoms with Gasteiger partial charge >= 0.3 is 0 Å². The Morgan fingerprint density at radius 2 is 1.66 bits per heavy atom. The smallest absolute Gasteiger partial charge is 0.275 e. The second kappa shape index (κ2) is 8.73. The highest BCUT2D eigenvalue weighted by atomic mass is 16.1. The number of nitrogens with zero attached hydrogens (tertiary/aromatic N) is 3. The third kappa shape index (κ3) is 4.90. The van der Waals surface area contributed by atoms with Crippen LogP contribution in [0.2, 0.25) is 0 Å². The van der Waals surface area contributed by atoms with Gasteiger partial charge in [0.1, 0.15) is 11.5 Å². The zero-order chi connectivity index (χ0) is 20.1. The maximum atomic E-state index is 12.3. The summed E-state index contributed by atoms with van der Waals surface area (Å²) in [6.07, 6.45) is 5.54. The average Bonchev–Trinajstić information content (AvgIpc) is 2.76. The van der Waals surface area contributed by atoms with E-state index in [1.165, 1.54) is 24.7 Å². The Morgan fingerprint density at radius 3 is 2.31 bits per heavy atom. The summed E-state index contributed by atoms with van der Waals surface area (Å²) in [6, 6.07) is 17.6. The molecule has 0 saturated carbocycles. The zero-order valence-electron chi connectivity index (χ0n) is 16.5. The first-order chi connectivity index (χ1) is 14.2. The number of nitrogens with one attached hydrogen (secondary N) is 2. The SMILES string of the molecule is CC1CCN(c2ccc(Nc3cnc(C(=O)Nc4ccccc4)cn3)cc2)CC1. The van der Waals surface area contributed by atoms with Gasteiger partial charge in [-0.25, -0.2) is 9.97 Å². The molecule has 1 aliphatic rings. The lowest BCUT2D eigenvalue weighted by atomic mass is 9.99. The molecule has 0 atom stereocenters. The number of anilines is 4. The third-order valence-corrected chi connectivity index (χ3v) is 5.20. The average molecular weight is 387 g/mol. The molecule has 0 aliphatic carbocycles. The van der Waals surface area contributed by atoms with E-state index in [9.17, 15) is 4.79 Å². The first-order valence-corrected chi connectivity index (χ1v) is 9.98. The van der Waals surface area contributed by atoms with E-state index in [0.29, 0.717) is 5.82 Å². The van der Waals surface area contributed by atoms with Gasteiger partial charge in [-0.05, 0) is 55.2 Å². The largest absolute Gasteiger partial charge is 0.372 e. The van der Waals surface area contributed by atoms with Gasteiger partial charge in [0.15, 0.2) is 0 Å². The zero-order valence-corrected chi connectivity index (χ0v) is 16.5. The summed E-state index contributed by atoms with van der Waals surface area (Å²) >= 11 is 0. The van der Waals surface area contributed by atoms with Crippen molar-refractivity contribution in [2.75, 3.05) is 28.6 Å². The Bertz CT molecular complexity index is 933. The second-order valence-corrected chi connectivity index (χ2v) is 7.45. The summed E-state index contributed by atoms with van der Waals surface area (Å²) in [5.74, 6) is 1.14. The van der Waals surface area contributed by atoms with E-state index in [2.05, 4.69) is 44.6 Å². The van der Waals surface area contributed by atoms with E-state index in [1.807, 2.05) is 42.5 Å². The van der Waals surface area contributed by atoms with Crippen LogP contribution in [-0.2, 0) is 0 Å². The number of benzene rings is 2. The summed E-state index contributed by atoms with van der Waals surface area (Å²) in [5, 5.41) is 6.03. The molecule has 4 rings (SSSR count). The van der Waals surface area contributed by atoms with E-state index < -0.39 is 0 Å². The van der Waals surface area contributed by atoms with Crippen molar-refractivity contribution in [1.29, 1.82) is 0 Å². The van der Waals surface area contributed by atoms with E-state index in [4.69, 9.17) is 0 Å². The summed E-state index contributed by atoms with van der Waals surface area (Å²) in [6.45, 7) is 4.56. The highest BCUT2D eigenvalue weighted by molar-refractivity contribution is 6.02. The quantitative estimate of drug-likeness (QED) is 0.663. The van der Waals surface area contributed by atoms with Crippen molar-refractivity contribution >= 4 is 28.8 Å². The molecule has 2 N–H and O–H groups in total. The molecular formula is C23H25N5O. The highest BCUT2D eigenvalue weighted by Gasteiger charge is 2.15. The van der Waals surface area contributed by atoms with Crippen LogP contribution in [0, 0.1) is 5.92 Å². The van der Waals surface area contributed by atoms with Gasteiger partial charge in [-0.2, -0.15) is 0 Å².